The maximum atomic E-state index is 12.7. The molecule has 39 heavy (non-hydrogen) atoms. The van der Waals surface area contributed by atoms with Gasteiger partial charge in [-0.15, -0.1) is 0 Å². The number of aryl methyl sites for hydroxylation is 1. The van der Waals surface area contributed by atoms with Gasteiger partial charge in [-0.25, -0.2) is 15.0 Å². The van der Waals surface area contributed by atoms with Gasteiger partial charge in [-0.1, -0.05) is 55.5 Å². The summed E-state index contributed by atoms with van der Waals surface area (Å²) in [7, 11) is 0. The Bertz CT molecular complexity index is 1450. The second-order valence-corrected chi connectivity index (χ2v) is 8.29. The average Bonchev–Trinajstić information content (AvgIpc) is 2.98. The number of esters is 2. The van der Waals surface area contributed by atoms with E-state index in [1.165, 1.54) is 23.9 Å². The summed E-state index contributed by atoms with van der Waals surface area (Å²) in [5.74, 6) is -0.808. The smallest absolute Gasteiger partial charge is 0.343 e. The van der Waals surface area contributed by atoms with E-state index in [-0.39, 0.29) is 18.1 Å². The Kier molecular flexibility index (Phi) is 9.18. The number of hydrogen-bond acceptors (Lipinski definition) is 7. The molecule has 8 heteroatoms. The fraction of sp³-hybridized carbons (Fsp3) is 0.0968. The van der Waals surface area contributed by atoms with Gasteiger partial charge in [0.2, 0.25) is 0 Å². The van der Waals surface area contributed by atoms with Gasteiger partial charge in [0.05, 0.1) is 17.3 Å². The molecule has 0 saturated heterocycles. The van der Waals surface area contributed by atoms with E-state index in [1.807, 2.05) is 12.1 Å². The molecule has 196 valence electrons. The zero-order chi connectivity index (χ0) is 27.5. The number of benzene rings is 4. The fourth-order valence-corrected chi connectivity index (χ4v) is 3.42. The van der Waals surface area contributed by atoms with Gasteiger partial charge in [-0.3, -0.25) is 4.79 Å². The minimum absolute atomic E-state index is 0.0903. The van der Waals surface area contributed by atoms with Crippen LogP contribution in [0.4, 0.5) is 0 Å². The number of carbonyl (C=O) groups excluding carboxylic acids is 3. The van der Waals surface area contributed by atoms with E-state index in [0.29, 0.717) is 22.4 Å². The van der Waals surface area contributed by atoms with Crippen LogP contribution in [-0.4, -0.2) is 30.7 Å². The number of ether oxygens (including phenoxy) is 3. The zero-order valence-corrected chi connectivity index (χ0v) is 21.2. The Morgan fingerprint density at radius 3 is 1.95 bits per heavy atom. The normalized spacial score (nSPS) is 10.6. The highest BCUT2D eigenvalue weighted by Gasteiger charge is 2.15. The zero-order valence-electron chi connectivity index (χ0n) is 21.2. The lowest BCUT2D eigenvalue weighted by Crippen LogP contribution is -2.24. The standard InChI is InChI=1S/C31H26N2O6/c1-2-22-13-16-26(17-14-22)37-21-29(34)33-32-20-25-15-18-27(38-30(35)23-9-5-3-6-10-23)19-28(25)39-31(36)24-11-7-4-8-12-24/h3-20H,2,21H2,1H3,(H,33,34)/b32-20+. The van der Waals surface area contributed by atoms with Crippen molar-refractivity contribution in [1.29, 1.82) is 0 Å². The summed E-state index contributed by atoms with van der Waals surface area (Å²) in [6.45, 7) is 1.83. The highest BCUT2D eigenvalue weighted by molar-refractivity contribution is 5.94. The minimum Gasteiger partial charge on any atom is -0.484 e. The highest BCUT2D eigenvalue weighted by Crippen LogP contribution is 2.26. The van der Waals surface area contributed by atoms with Gasteiger partial charge in [0, 0.05) is 11.6 Å². The Morgan fingerprint density at radius 2 is 1.33 bits per heavy atom. The third-order valence-electron chi connectivity index (χ3n) is 5.51. The number of nitrogens with zero attached hydrogens (tertiary/aromatic N) is 1. The third-order valence-corrected chi connectivity index (χ3v) is 5.51. The van der Waals surface area contributed by atoms with Crippen LogP contribution in [0, 0.1) is 0 Å². The molecule has 0 aliphatic rings. The molecule has 0 radical (unpaired) electrons. The van der Waals surface area contributed by atoms with E-state index in [2.05, 4.69) is 17.5 Å². The van der Waals surface area contributed by atoms with E-state index in [4.69, 9.17) is 14.2 Å². The second-order valence-electron chi connectivity index (χ2n) is 8.29. The predicted octanol–water partition coefficient (Wildman–Crippen LogP) is 5.22. The van der Waals surface area contributed by atoms with E-state index < -0.39 is 17.8 Å². The Morgan fingerprint density at radius 1 is 0.744 bits per heavy atom. The maximum Gasteiger partial charge on any atom is 0.343 e. The van der Waals surface area contributed by atoms with Crippen LogP contribution in [0.25, 0.3) is 0 Å². The maximum absolute atomic E-state index is 12.7. The lowest BCUT2D eigenvalue weighted by molar-refractivity contribution is -0.123. The number of nitrogens with one attached hydrogen (secondary N) is 1. The van der Waals surface area contributed by atoms with Crippen LogP contribution in [0.2, 0.25) is 0 Å². The van der Waals surface area contributed by atoms with Crippen molar-refractivity contribution in [2.24, 2.45) is 5.10 Å². The van der Waals surface area contributed by atoms with Crippen LogP contribution in [0.5, 0.6) is 17.2 Å². The van der Waals surface area contributed by atoms with Gasteiger partial charge >= 0.3 is 11.9 Å². The first-order valence-electron chi connectivity index (χ1n) is 12.2. The van der Waals surface area contributed by atoms with Crippen molar-refractivity contribution in [3.8, 4) is 17.2 Å². The van der Waals surface area contributed by atoms with Gasteiger partial charge in [-0.2, -0.15) is 5.10 Å². The van der Waals surface area contributed by atoms with Gasteiger partial charge in [0.1, 0.15) is 17.2 Å². The first kappa shape index (κ1) is 26.8. The third kappa shape index (κ3) is 7.87. The summed E-state index contributed by atoms with van der Waals surface area (Å²) in [5, 5.41) is 3.96. The largest absolute Gasteiger partial charge is 0.484 e. The molecule has 0 fully saturated rings. The number of hydrogen-bond donors (Lipinski definition) is 1. The van der Waals surface area contributed by atoms with Crippen LogP contribution >= 0.6 is 0 Å². The quantitative estimate of drug-likeness (QED) is 0.133. The minimum atomic E-state index is -0.608. The summed E-state index contributed by atoms with van der Waals surface area (Å²) in [4.78, 5) is 37.4. The number of hydrazone groups is 1. The summed E-state index contributed by atoms with van der Waals surface area (Å²) >= 11 is 0. The summed E-state index contributed by atoms with van der Waals surface area (Å²) in [6, 6.07) is 28.9. The lowest BCUT2D eigenvalue weighted by Gasteiger charge is -2.11. The van der Waals surface area contributed by atoms with Crippen molar-refractivity contribution < 1.29 is 28.6 Å². The molecule has 0 bridgehead atoms. The second kappa shape index (κ2) is 13.3. The van der Waals surface area contributed by atoms with E-state index in [1.54, 1.807) is 78.9 Å². The molecule has 0 aromatic heterocycles. The molecular formula is C31H26N2O6. The molecule has 4 aromatic rings. The van der Waals surface area contributed by atoms with Crippen LogP contribution in [0.1, 0.15) is 38.8 Å². The SMILES string of the molecule is CCc1ccc(OCC(=O)N/N=C/c2ccc(OC(=O)c3ccccc3)cc2OC(=O)c2ccccc2)cc1. The lowest BCUT2D eigenvalue weighted by atomic mass is 10.2. The van der Waals surface area contributed by atoms with E-state index >= 15 is 0 Å². The fourth-order valence-electron chi connectivity index (χ4n) is 3.42. The van der Waals surface area contributed by atoms with E-state index in [9.17, 15) is 14.4 Å². The van der Waals surface area contributed by atoms with Crippen molar-refractivity contribution in [2.75, 3.05) is 6.61 Å². The molecule has 0 heterocycles. The Balaban J connectivity index is 1.45. The number of carbonyl (C=O) groups is 3. The van der Waals surface area contributed by atoms with Gasteiger partial charge in [0.25, 0.3) is 5.91 Å². The Hall–Kier alpha value is -5.24. The number of rotatable bonds is 10. The molecule has 4 rings (SSSR count). The van der Waals surface area contributed by atoms with E-state index in [0.717, 1.165) is 6.42 Å². The monoisotopic (exact) mass is 522 g/mol. The summed E-state index contributed by atoms with van der Waals surface area (Å²) in [6.07, 6.45) is 2.24. The average molecular weight is 523 g/mol. The number of amides is 1. The molecular weight excluding hydrogens is 496 g/mol. The summed E-state index contributed by atoms with van der Waals surface area (Å²) in [5.41, 5.74) is 4.63. The van der Waals surface area contributed by atoms with Crippen LogP contribution < -0.4 is 19.6 Å². The Labute approximate surface area is 225 Å². The highest BCUT2D eigenvalue weighted by atomic mass is 16.5. The van der Waals surface area contributed by atoms with Crippen molar-refractivity contribution in [3.63, 3.8) is 0 Å². The topological polar surface area (TPSA) is 103 Å². The molecule has 1 N–H and O–H groups in total. The predicted molar refractivity (Wildman–Crippen MR) is 146 cm³/mol. The molecule has 1 amide bonds. The van der Waals surface area contributed by atoms with Crippen LogP contribution in [0.3, 0.4) is 0 Å². The molecule has 8 nitrogen and oxygen atoms in total. The van der Waals surface area contributed by atoms with Gasteiger partial charge < -0.3 is 14.2 Å². The van der Waals surface area contributed by atoms with Crippen LogP contribution in [0.15, 0.2) is 108 Å². The first-order valence-corrected chi connectivity index (χ1v) is 12.2. The van der Waals surface area contributed by atoms with Crippen molar-refractivity contribution in [3.05, 3.63) is 125 Å². The molecule has 0 aliphatic carbocycles. The van der Waals surface area contributed by atoms with Crippen molar-refractivity contribution in [1.82, 2.24) is 5.43 Å². The first-order chi connectivity index (χ1) is 19.0. The van der Waals surface area contributed by atoms with Crippen LogP contribution in [-0.2, 0) is 11.2 Å². The van der Waals surface area contributed by atoms with Crippen molar-refractivity contribution in [2.45, 2.75) is 13.3 Å². The van der Waals surface area contributed by atoms with Crippen molar-refractivity contribution >= 4 is 24.1 Å². The molecule has 0 saturated carbocycles. The summed E-state index contributed by atoms with van der Waals surface area (Å²) < 4.78 is 16.5. The van der Waals surface area contributed by atoms with Gasteiger partial charge in [0.15, 0.2) is 6.61 Å². The molecule has 0 aliphatic heterocycles. The van der Waals surface area contributed by atoms with Gasteiger partial charge in [-0.05, 0) is 60.5 Å². The molecule has 4 aromatic carbocycles. The molecule has 0 spiro atoms. The molecule has 0 unspecified atom stereocenters. The molecule has 0 atom stereocenters.